The number of fused-ring (bicyclic) bond motifs is 1. The van der Waals surface area contributed by atoms with Crippen LogP contribution in [0, 0.1) is 6.92 Å². The highest BCUT2D eigenvalue weighted by Crippen LogP contribution is 2.37. The van der Waals surface area contributed by atoms with E-state index in [1.165, 1.54) is 27.8 Å². The number of rotatable bonds is 3. The number of carboxylic acid groups (broad SMARTS) is 1. The fourth-order valence-corrected chi connectivity index (χ4v) is 3.38. The van der Waals surface area contributed by atoms with E-state index in [0.29, 0.717) is 0 Å². The Morgan fingerprint density at radius 3 is 2.81 bits per heavy atom. The number of hydrogen-bond acceptors (Lipinski definition) is 1. The Morgan fingerprint density at radius 2 is 2.05 bits per heavy atom. The first-order chi connectivity index (χ1) is 10.1. The summed E-state index contributed by atoms with van der Waals surface area (Å²) >= 11 is 0. The quantitative estimate of drug-likeness (QED) is 0.895. The van der Waals surface area contributed by atoms with Gasteiger partial charge in [-0.3, -0.25) is 4.79 Å². The van der Waals surface area contributed by atoms with E-state index >= 15 is 0 Å². The minimum atomic E-state index is -0.700. The average Bonchev–Trinajstić information content (AvgIpc) is 2.47. The van der Waals surface area contributed by atoms with Crippen LogP contribution in [0.15, 0.2) is 42.5 Å². The summed E-state index contributed by atoms with van der Waals surface area (Å²) in [6.45, 7) is 2.11. The summed E-state index contributed by atoms with van der Waals surface area (Å²) in [6, 6.07) is 14.9. The minimum absolute atomic E-state index is 0.162. The van der Waals surface area contributed by atoms with Crippen LogP contribution < -0.4 is 0 Å². The Bertz CT molecular complexity index is 673. The molecule has 0 fully saturated rings. The predicted octanol–water partition coefficient (Wildman–Crippen LogP) is 4.56. The van der Waals surface area contributed by atoms with Gasteiger partial charge in [-0.25, -0.2) is 0 Å². The van der Waals surface area contributed by atoms with E-state index in [-0.39, 0.29) is 12.3 Å². The van der Waals surface area contributed by atoms with Crippen LogP contribution in [-0.2, 0) is 11.2 Å². The normalized spacial score (nSPS) is 17.3. The molecule has 0 aliphatic heterocycles. The smallest absolute Gasteiger partial charge is 0.303 e. The first-order valence-corrected chi connectivity index (χ1v) is 7.56. The van der Waals surface area contributed by atoms with Gasteiger partial charge in [0.2, 0.25) is 0 Å². The molecule has 2 aromatic carbocycles. The lowest BCUT2D eigenvalue weighted by Gasteiger charge is -2.25. The molecule has 21 heavy (non-hydrogen) atoms. The summed E-state index contributed by atoms with van der Waals surface area (Å²) in [7, 11) is 0. The van der Waals surface area contributed by atoms with Gasteiger partial charge in [0, 0.05) is 0 Å². The number of carboxylic acids is 1. The Kier molecular flexibility index (Phi) is 3.78. The summed E-state index contributed by atoms with van der Waals surface area (Å²) < 4.78 is 0. The zero-order valence-electron chi connectivity index (χ0n) is 12.3. The van der Waals surface area contributed by atoms with Crippen molar-refractivity contribution >= 4 is 5.97 Å². The van der Waals surface area contributed by atoms with Crippen LogP contribution in [0.3, 0.4) is 0 Å². The monoisotopic (exact) mass is 280 g/mol. The van der Waals surface area contributed by atoms with Crippen molar-refractivity contribution < 1.29 is 9.90 Å². The van der Waals surface area contributed by atoms with Crippen LogP contribution >= 0.6 is 0 Å². The fraction of sp³-hybridized carbons (Fsp3) is 0.316. The molecule has 1 aliphatic rings. The maximum atomic E-state index is 11.1. The second-order valence-electron chi connectivity index (χ2n) is 5.92. The van der Waals surface area contributed by atoms with Crippen LogP contribution in [0.25, 0.3) is 11.1 Å². The number of aryl methyl sites for hydroxylation is 2. The van der Waals surface area contributed by atoms with E-state index in [1.807, 2.05) is 6.07 Å². The lowest BCUT2D eigenvalue weighted by atomic mass is 9.79. The fourth-order valence-electron chi connectivity index (χ4n) is 3.38. The van der Waals surface area contributed by atoms with E-state index in [0.717, 1.165) is 19.3 Å². The SMILES string of the molecule is Cc1ccccc1-c1ccc2c(c1)C(CC(=O)O)CCC2. The molecule has 0 spiro atoms. The van der Waals surface area contributed by atoms with Gasteiger partial charge in [-0.2, -0.15) is 0 Å². The topological polar surface area (TPSA) is 37.3 Å². The maximum absolute atomic E-state index is 11.1. The Balaban J connectivity index is 2.03. The average molecular weight is 280 g/mol. The molecular weight excluding hydrogens is 260 g/mol. The molecule has 0 aromatic heterocycles. The standard InChI is InChI=1S/C19H20O2/c1-13-5-2-3-8-17(13)16-10-9-14-6-4-7-15(12-19(20)21)18(14)11-16/h2-3,5,8-11,15H,4,6-7,12H2,1H3,(H,20,21). The second kappa shape index (κ2) is 5.72. The molecule has 2 aromatic rings. The lowest BCUT2D eigenvalue weighted by Crippen LogP contribution is -2.13. The van der Waals surface area contributed by atoms with Crippen molar-refractivity contribution in [1.29, 1.82) is 0 Å². The van der Waals surface area contributed by atoms with Gasteiger partial charge in [-0.1, -0.05) is 42.5 Å². The third-order valence-electron chi connectivity index (χ3n) is 4.46. The molecule has 3 rings (SSSR count). The van der Waals surface area contributed by atoms with Gasteiger partial charge in [0.1, 0.15) is 0 Å². The summed E-state index contributed by atoms with van der Waals surface area (Å²) in [5, 5.41) is 9.12. The zero-order valence-corrected chi connectivity index (χ0v) is 12.3. The highest BCUT2D eigenvalue weighted by atomic mass is 16.4. The van der Waals surface area contributed by atoms with E-state index < -0.39 is 5.97 Å². The molecule has 0 heterocycles. The van der Waals surface area contributed by atoms with Gasteiger partial charge in [0.25, 0.3) is 0 Å². The first kappa shape index (κ1) is 13.9. The minimum Gasteiger partial charge on any atom is -0.481 e. The molecule has 0 radical (unpaired) electrons. The molecule has 1 N–H and O–H groups in total. The van der Waals surface area contributed by atoms with Crippen molar-refractivity contribution in [3.63, 3.8) is 0 Å². The van der Waals surface area contributed by atoms with Crippen molar-refractivity contribution in [2.75, 3.05) is 0 Å². The van der Waals surface area contributed by atoms with Crippen molar-refractivity contribution in [3.8, 4) is 11.1 Å². The molecule has 2 nitrogen and oxygen atoms in total. The van der Waals surface area contributed by atoms with E-state index in [2.05, 4.69) is 43.3 Å². The van der Waals surface area contributed by atoms with Crippen molar-refractivity contribution in [2.45, 2.75) is 38.5 Å². The van der Waals surface area contributed by atoms with Gasteiger partial charge in [0.05, 0.1) is 6.42 Å². The molecule has 1 atom stereocenters. The van der Waals surface area contributed by atoms with Gasteiger partial charge in [0.15, 0.2) is 0 Å². The maximum Gasteiger partial charge on any atom is 0.303 e. The third-order valence-corrected chi connectivity index (χ3v) is 4.46. The summed E-state index contributed by atoms with van der Waals surface area (Å²) in [6.07, 6.45) is 3.38. The molecule has 0 saturated heterocycles. The van der Waals surface area contributed by atoms with Crippen LogP contribution in [0.4, 0.5) is 0 Å². The molecule has 1 aliphatic carbocycles. The van der Waals surface area contributed by atoms with Crippen LogP contribution in [0.1, 0.15) is 41.9 Å². The van der Waals surface area contributed by atoms with Gasteiger partial charge < -0.3 is 5.11 Å². The molecule has 0 amide bonds. The third kappa shape index (κ3) is 2.85. The van der Waals surface area contributed by atoms with Gasteiger partial charge in [-0.05, 0) is 59.9 Å². The van der Waals surface area contributed by atoms with Gasteiger partial charge in [-0.15, -0.1) is 0 Å². The number of benzene rings is 2. The number of hydrogen-bond donors (Lipinski definition) is 1. The zero-order chi connectivity index (χ0) is 14.8. The molecule has 0 saturated carbocycles. The highest BCUT2D eigenvalue weighted by Gasteiger charge is 2.23. The summed E-state index contributed by atoms with van der Waals surface area (Å²) in [4.78, 5) is 11.1. The van der Waals surface area contributed by atoms with Crippen LogP contribution in [-0.4, -0.2) is 11.1 Å². The Morgan fingerprint density at radius 1 is 1.24 bits per heavy atom. The number of carbonyl (C=O) groups is 1. The summed E-state index contributed by atoms with van der Waals surface area (Å²) in [5.74, 6) is -0.538. The van der Waals surface area contributed by atoms with E-state index in [1.54, 1.807) is 0 Å². The Hall–Kier alpha value is -2.09. The number of aliphatic carboxylic acids is 1. The Labute approximate surface area is 125 Å². The van der Waals surface area contributed by atoms with E-state index in [4.69, 9.17) is 5.11 Å². The molecule has 2 heteroatoms. The van der Waals surface area contributed by atoms with Crippen molar-refractivity contribution in [2.24, 2.45) is 0 Å². The van der Waals surface area contributed by atoms with E-state index in [9.17, 15) is 4.79 Å². The van der Waals surface area contributed by atoms with Crippen LogP contribution in [0.2, 0.25) is 0 Å². The summed E-state index contributed by atoms with van der Waals surface area (Å²) in [5.41, 5.74) is 6.25. The van der Waals surface area contributed by atoms with Crippen molar-refractivity contribution in [1.82, 2.24) is 0 Å². The van der Waals surface area contributed by atoms with Gasteiger partial charge >= 0.3 is 5.97 Å². The largest absolute Gasteiger partial charge is 0.481 e. The molecule has 0 bridgehead atoms. The first-order valence-electron chi connectivity index (χ1n) is 7.56. The molecular formula is C19H20O2. The predicted molar refractivity (Wildman–Crippen MR) is 84.5 cm³/mol. The van der Waals surface area contributed by atoms with Crippen LogP contribution in [0.5, 0.6) is 0 Å². The highest BCUT2D eigenvalue weighted by molar-refractivity contribution is 5.71. The second-order valence-corrected chi connectivity index (χ2v) is 5.92. The molecule has 1 unspecified atom stereocenters. The van der Waals surface area contributed by atoms with Crippen molar-refractivity contribution in [3.05, 3.63) is 59.2 Å². The molecule has 108 valence electrons. The lowest BCUT2D eigenvalue weighted by molar-refractivity contribution is -0.137.